The maximum atomic E-state index is 13.1. The number of benzene rings is 2. The number of carbonyl (C=O) groups is 1. The van der Waals surface area contributed by atoms with Crippen LogP contribution in [0.3, 0.4) is 0 Å². The molecule has 2 aromatic rings. The average molecular weight is 355 g/mol. The minimum atomic E-state index is -0.204. The number of hydrogen-bond donors (Lipinski definition) is 0. The van der Waals surface area contributed by atoms with Crippen molar-refractivity contribution in [1.82, 2.24) is 4.90 Å². The molecule has 1 heterocycles. The van der Waals surface area contributed by atoms with Crippen molar-refractivity contribution in [3.8, 4) is 17.2 Å². The van der Waals surface area contributed by atoms with Crippen LogP contribution < -0.4 is 14.2 Å². The Balaban J connectivity index is 2.00. The van der Waals surface area contributed by atoms with E-state index in [9.17, 15) is 4.79 Å². The second-order valence-electron chi connectivity index (χ2n) is 7.11. The van der Waals surface area contributed by atoms with Crippen molar-refractivity contribution in [1.29, 1.82) is 0 Å². The average Bonchev–Trinajstić information content (AvgIpc) is 2.65. The zero-order valence-corrected chi connectivity index (χ0v) is 16.0. The van der Waals surface area contributed by atoms with Crippen LogP contribution in [0.1, 0.15) is 35.3 Å². The lowest BCUT2D eigenvalue weighted by atomic mass is 9.78. The number of ether oxygens (including phenoxy) is 3. The van der Waals surface area contributed by atoms with Gasteiger partial charge in [0.05, 0.1) is 26.9 Å². The van der Waals surface area contributed by atoms with Crippen LogP contribution in [0.4, 0.5) is 0 Å². The van der Waals surface area contributed by atoms with Gasteiger partial charge in [-0.25, -0.2) is 0 Å². The van der Waals surface area contributed by atoms with Gasteiger partial charge in [0, 0.05) is 18.5 Å². The van der Waals surface area contributed by atoms with Crippen molar-refractivity contribution >= 4 is 5.91 Å². The first-order valence-corrected chi connectivity index (χ1v) is 8.59. The van der Waals surface area contributed by atoms with Crippen LogP contribution in [-0.2, 0) is 12.0 Å². The number of para-hydroxylation sites is 1. The monoisotopic (exact) mass is 355 g/mol. The quantitative estimate of drug-likeness (QED) is 0.840. The Kier molecular flexibility index (Phi) is 4.81. The van der Waals surface area contributed by atoms with Gasteiger partial charge in [-0.3, -0.25) is 4.79 Å². The molecule has 0 spiro atoms. The first kappa shape index (κ1) is 18.1. The molecular weight excluding hydrogens is 330 g/mol. The van der Waals surface area contributed by atoms with Crippen molar-refractivity contribution in [3.63, 3.8) is 0 Å². The highest BCUT2D eigenvalue weighted by molar-refractivity contribution is 5.97. The molecule has 0 bridgehead atoms. The third-order valence-corrected chi connectivity index (χ3v) is 4.91. The first-order chi connectivity index (χ1) is 12.4. The third-order valence-electron chi connectivity index (χ3n) is 4.91. The molecule has 1 amide bonds. The van der Waals surface area contributed by atoms with Crippen molar-refractivity contribution < 1.29 is 19.0 Å². The van der Waals surface area contributed by atoms with Crippen LogP contribution in [0.2, 0.25) is 0 Å². The van der Waals surface area contributed by atoms with Gasteiger partial charge in [-0.15, -0.1) is 0 Å². The lowest BCUT2D eigenvalue weighted by molar-refractivity contribution is 0.0682. The van der Waals surface area contributed by atoms with E-state index in [1.54, 1.807) is 27.4 Å². The zero-order chi connectivity index (χ0) is 18.9. The molecule has 0 saturated carbocycles. The fourth-order valence-corrected chi connectivity index (χ4v) is 3.64. The molecule has 0 radical (unpaired) electrons. The molecule has 0 atom stereocenters. The van der Waals surface area contributed by atoms with Gasteiger partial charge < -0.3 is 19.1 Å². The summed E-state index contributed by atoms with van der Waals surface area (Å²) in [5, 5.41) is 0. The van der Waals surface area contributed by atoms with Crippen LogP contribution in [-0.4, -0.2) is 38.7 Å². The van der Waals surface area contributed by atoms with E-state index in [-0.39, 0.29) is 11.3 Å². The Hall–Kier alpha value is -2.69. The lowest BCUT2D eigenvalue weighted by Crippen LogP contribution is -2.45. The summed E-state index contributed by atoms with van der Waals surface area (Å²) in [4.78, 5) is 15.0. The van der Waals surface area contributed by atoms with Gasteiger partial charge in [0.15, 0.2) is 11.5 Å². The largest absolute Gasteiger partial charge is 0.496 e. The molecule has 0 unspecified atom stereocenters. The molecule has 0 fully saturated rings. The molecule has 3 rings (SSSR count). The van der Waals surface area contributed by atoms with Crippen molar-refractivity contribution in [3.05, 3.63) is 53.1 Å². The SMILES string of the molecule is COc1cc2c(cc1OC)C(C)(C)CN(C(=O)c1ccccc1OC)C2. The number of hydrogen-bond acceptors (Lipinski definition) is 4. The summed E-state index contributed by atoms with van der Waals surface area (Å²) in [7, 11) is 4.84. The lowest BCUT2D eigenvalue weighted by Gasteiger charge is -2.40. The van der Waals surface area contributed by atoms with E-state index in [4.69, 9.17) is 14.2 Å². The van der Waals surface area contributed by atoms with Crippen LogP contribution in [0, 0.1) is 0 Å². The molecule has 5 nitrogen and oxygen atoms in total. The molecule has 138 valence electrons. The van der Waals surface area contributed by atoms with Crippen LogP contribution in [0.5, 0.6) is 17.2 Å². The highest BCUT2D eigenvalue weighted by Gasteiger charge is 2.36. The zero-order valence-electron chi connectivity index (χ0n) is 16.0. The Morgan fingerprint density at radius 2 is 1.58 bits per heavy atom. The number of rotatable bonds is 4. The molecule has 5 heteroatoms. The molecule has 2 aromatic carbocycles. The molecule has 0 aliphatic carbocycles. The molecule has 0 aromatic heterocycles. The van der Waals surface area contributed by atoms with E-state index >= 15 is 0 Å². The summed E-state index contributed by atoms with van der Waals surface area (Å²) in [5.74, 6) is 1.95. The van der Waals surface area contributed by atoms with Gasteiger partial charge in [-0.1, -0.05) is 26.0 Å². The summed E-state index contributed by atoms with van der Waals surface area (Å²) in [6, 6.07) is 11.3. The Morgan fingerprint density at radius 3 is 2.23 bits per heavy atom. The Bertz CT molecular complexity index is 829. The van der Waals surface area contributed by atoms with Crippen molar-refractivity contribution in [2.75, 3.05) is 27.9 Å². The van der Waals surface area contributed by atoms with E-state index in [2.05, 4.69) is 13.8 Å². The van der Waals surface area contributed by atoms with Gasteiger partial charge in [0.2, 0.25) is 0 Å². The van der Waals surface area contributed by atoms with E-state index in [0.717, 1.165) is 5.56 Å². The maximum absolute atomic E-state index is 13.1. The fraction of sp³-hybridized carbons (Fsp3) is 0.381. The van der Waals surface area contributed by atoms with Gasteiger partial charge in [-0.05, 0) is 35.4 Å². The summed E-state index contributed by atoms with van der Waals surface area (Å²) in [5.41, 5.74) is 2.63. The minimum Gasteiger partial charge on any atom is -0.496 e. The molecule has 1 aliphatic heterocycles. The van der Waals surface area contributed by atoms with E-state index < -0.39 is 0 Å². The first-order valence-electron chi connectivity index (χ1n) is 8.59. The van der Waals surface area contributed by atoms with Crippen molar-refractivity contribution in [2.24, 2.45) is 0 Å². The Morgan fingerprint density at radius 1 is 0.962 bits per heavy atom. The normalized spacial score (nSPS) is 15.2. The van der Waals surface area contributed by atoms with Gasteiger partial charge >= 0.3 is 0 Å². The summed E-state index contributed by atoms with van der Waals surface area (Å²) in [6.07, 6.45) is 0. The van der Waals surface area contributed by atoms with Gasteiger partial charge in [0.25, 0.3) is 5.91 Å². The van der Waals surface area contributed by atoms with Crippen LogP contribution in [0.15, 0.2) is 36.4 Å². The predicted octanol–water partition coefficient (Wildman–Crippen LogP) is 3.65. The van der Waals surface area contributed by atoms with E-state index in [1.807, 2.05) is 35.2 Å². The van der Waals surface area contributed by atoms with E-state index in [1.165, 1.54) is 5.56 Å². The third kappa shape index (κ3) is 3.09. The number of amides is 1. The topological polar surface area (TPSA) is 48.0 Å². The second-order valence-corrected chi connectivity index (χ2v) is 7.11. The smallest absolute Gasteiger partial charge is 0.257 e. The highest BCUT2D eigenvalue weighted by Crippen LogP contribution is 2.40. The minimum absolute atomic E-state index is 0.0315. The molecule has 0 N–H and O–H groups in total. The second kappa shape index (κ2) is 6.90. The molecular formula is C21H25NO4. The van der Waals surface area contributed by atoms with Crippen molar-refractivity contribution in [2.45, 2.75) is 25.8 Å². The summed E-state index contributed by atoms with van der Waals surface area (Å²) < 4.78 is 16.2. The summed E-state index contributed by atoms with van der Waals surface area (Å²) in [6.45, 7) is 5.42. The number of nitrogens with zero attached hydrogens (tertiary/aromatic N) is 1. The number of fused-ring (bicyclic) bond motifs is 1. The molecule has 1 aliphatic rings. The standard InChI is InChI=1S/C21H25NO4/c1-21(2)13-22(20(23)15-8-6-7-9-17(15)24-3)12-14-10-18(25-4)19(26-5)11-16(14)21/h6-11H,12-13H2,1-5H3. The van der Waals surface area contributed by atoms with Crippen LogP contribution in [0.25, 0.3) is 0 Å². The fourth-order valence-electron chi connectivity index (χ4n) is 3.64. The van der Waals surface area contributed by atoms with Gasteiger partial charge in [0.1, 0.15) is 5.75 Å². The number of methoxy groups -OCH3 is 3. The predicted molar refractivity (Wildman–Crippen MR) is 100 cm³/mol. The Labute approximate surface area is 154 Å². The number of carbonyl (C=O) groups excluding carboxylic acids is 1. The maximum Gasteiger partial charge on any atom is 0.257 e. The summed E-state index contributed by atoms with van der Waals surface area (Å²) >= 11 is 0. The van der Waals surface area contributed by atoms with E-state index in [0.29, 0.717) is 35.9 Å². The van der Waals surface area contributed by atoms with Gasteiger partial charge in [-0.2, -0.15) is 0 Å². The highest BCUT2D eigenvalue weighted by atomic mass is 16.5. The molecule has 26 heavy (non-hydrogen) atoms. The molecule has 0 saturated heterocycles. The van der Waals surface area contributed by atoms with Crippen LogP contribution >= 0.6 is 0 Å².